The third-order valence-electron chi connectivity index (χ3n) is 3.71. The van der Waals surface area contributed by atoms with E-state index in [0.29, 0.717) is 26.2 Å². The van der Waals surface area contributed by atoms with Crippen LogP contribution in [0.4, 0.5) is 0 Å². The van der Waals surface area contributed by atoms with Crippen LogP contribution in [0.3, 0.4) is 0 Å². The Bertz CT molecular complexity index is 620. The van der Waals surface area contributed by atoms with E-state index in [0.717, 1.165) is 5.56 Å². The summed E-state index contributed by atoms with van der Waals surface area (Å²) in [4.78, 5) is 13.2. The monoisotopic (exact) mass is 311 g/mol. The van der Waals surface area contributed by atoms with Gasteiger partial charge in [0.25, 0.3) is 0 Å². The summed E-state index contributed by atoms with van der Waals surface area (Å²) in [6.07, 6.45) is 0. The molecule has 21 heavy (non-hydrogen) atoms. The van der Waals surface area contributed by atoms with Crippen LogP contribution in [0.25, 0.3) is 0 Å². The Labute approximate surface area is 125 Å². The van der Waals surface area contributed by atoms with Crippen LogP contribution in [0, 0.1) is 0 Å². The van der Waals surface area contributed by atoms with Gasteiger partial charge in [0.1, 0.15) is 0 Å². The normalized spacial score (nSPS) is 18.5. The van der Waals surface area contributed by atoms with Gasteiger partial charge in [-0.25, -0.2) is 8.42 Å². The van der Waals surface area contributed by atoms with Crippen LogP contribution in [-0.4, -0.2) is 49.7 Å². The number of amides is 1. The second kappa shape index (κ2) is 6.13. The lowest BCUT2D eigenvalue weighted by Gasteiger charge is -2.33. The molecule has 1 heterocycles. The molecule has 116 valence electrons. The molecule has 1 aromatic rings. The molecule has 1 fully saturated rings. The van der Waals surface area contributed by atoms with Gasteiger partial charge < -0.3 is 10.6 Å². The molecule has 2 N–H and O–H groups in total. The average Bonchev–Trinajstić information content (AvgIpc) is 2.47. The third-order valence-corrected chi connectivity index (χ3v) is 5.60. The summed E-state index contributed by atoms with van der Waals surface area (Å²) in [6, 6.07) is 6.51. The van der Waals surface area contributed by atoms with Gasteiger partial charge in [0, 0.05) is 39.1 Å². The molecule has 1 atom stereocenters. The van der Waals surface area contributed by atoms with Crippen molar-refractivity contribution >= 4 is 15.9 Å². The molecule has 1 aliphatic rings. The zero-order valence-electron chi connectivity index (χ0n) is 12.3. The van der Waals surface area contributed by atoms with Gasteiger partial charge in [-0.2, -0.15) is 4.31 Å². The Hall–Kier alpha value is -1.44. The van der Waals surface area contributed by atoms with Crippen molar-refractivity contribution in [2.45, 2.75) is 24.8 Å². The smallest absolute Gasteiger partial charge is 0.243 e. The minimum absolute atomic E-state index is 0.0222. The number of hydrogen-bond acceptors (Lipinski definition) is 4. The minimum Gasteiger partial charge on any atom is -0.340 e. The first-order valence-corrected chi connectivity index (χ1v) is 8.37. The highest BCUT2D eigenvalue weighted by molar-refractivity contribution is 7.89. The topological polar surface area (TPSA) is 83.7 Å². The second-order valence-corrected chi connectivity index (χ2v) is 7.21. The maximum Gasteiger partial charge on any atom is 0.243 e. The van der Waals surface area contributed by atoms with E-state index in [1.165, 1.54) is 11.2 Å². The molecule has 1 unspecified atom stereocenters. The van der Waals surface area contributed by atoms with Crippen molar-refractivity contribution in [3.63, 3.8) is 0 Å². The zero-order chi connectivity index (χ0) is 15.6. The molecule has 0 aromatic heterocycles. The van der Waals surface area contributed by atoms with Crippen LogP contribution in [0.2, 0.25) is 0 Å². The van der Waals surface area contributed by atoms with Crippen LogP contribution in [0.1, 0.15) is 25.5 Å². The number of hydrogen-bond donors (Lipinski definition) is 1. The lowest BCUT2D eigenvalue weighted by atomic mass is 10.1. The van der Waals surface area contributed by atoms with Crippen molar-refractivity contribution < 1.29 is 13.2 Å². The standard InChI is InChI=1S/C14H21N3O3S/c1-11(15)13-4-3-5-14(10-13)21(19,20)17-8-6-16(7-9-17)12(2)18/h3-5,10-11H,6-9,15H2,1-2H3. The highest BCUT2D eigenvalue weighted by atomic mass is 32.2. The first-order valence-electron chi connectivity index (χ1n) is 6.93. The van der Waals surface area contributed by atoms with E-state index in [9.17, 15) is 13.2 Å². The molecule has 7 heteroatoms. The van der Waals surface area contributed by atoms with Gasteiger partial charge >= 0.3 is 0 Å². The summed E-state index contributed by atoms with van der Waals surface area (Å²) in [7, 11) is -3.53. The van der Waals surface area contributed by atoms with E-state index in [1.807, 2.05) is 13.0 Å². The van der Waals surface area contributed by atoms with E-state index in [1.54, 1.807) is 23.1 Å². The molecule has 1 aliphatic heterocycles. The maximum absolute atomic E-state index is 12.6. The Kier molecular flexibility index (Phi) is 4.65. The summed E-state index contributed by atoms with van der Waals surface area (Å²) < 4.78 is 26.7. The maximum atomic E-state index is 12.6. The molecule has 0 spiro atoms. The summed E-state index contributed by atoms with van der Waals surface area (Å²) in [6.45, 7) is 4.82. The molecule has 1 aromatic carbocycles. The van der Waals surface area contributed by atoms with Crippen molar-refractivity contribution in [3.05, 3.63) is 29.8 Å². The highest BCUT2D eigenvalue weighted by Gasteiger charge is 2.29. The SMILES string of the molecule is CC(=O)N1CCN(S(=O)(=O)c2cccc(C(C)N)c2)CC1. The van der Waals surface area contributed by atoms with Gasteiger partial charge in [-0.05, 0) is 24.6 Å². The van der Waals surface area contributed by atoms with Gasteiger partial charge in [-0.3, -0.25) is 4.79 Å². The average molecular weight is 311 g/mol. The molecule has 0 saturated carbocycles. The third kappa shape index (κ3) is 3.42. The summed E-state index contributed by atoms with van der Waals surface area (Å²) in [5, 5.41) is 0. The van der Waals surface area contributed by atoms with Gasteiger partial charge in [-0.1, -0.05) is 12.1 Å². The summed E-state index contributed by atoms with van der Waals surface area (Å²) >= 11 is 0. The first-order chi connectivity index (χ1) is 9.82. The Morgan fingerprint density at radius 3 is 2.38 bits per heavy atom. The van der Waals surface area contributed by atoms with Crippen LogP contribution in [0.15, 0.2) is 29.2 Å². The quantitative estimate of drug-likeness (QED) is 0.884. The Balaban J connectivity index is 2.19. The lowest BCUT2D eigenvalue weighted by Crippen LogP contribution is -2.49. The molecule has 0 radical (unpaired) electrons. The molecule has 0 aliphatic carbocycles. The molecule has 1 amide bonds. The number of carbonyl (C=O) groups is 1. The van der Waals surface area contributed by atoms with Crippen molar-refractivity contribution in [1.82, 2.24) is 9.21 Å². The van der Waals surface area contributed by atoms with Gasteiger partial charge in [-0.15, -0.1) is 0 Å². The van der Waals surface area contributed by atoms with Crippen LogP contribution < -0.4 is 5.73 Å². The number of nitrogens with two attached hydrogens (primary N) is 1. The van der Waals surface area contributed by atoms with Crippen molar-refractivity contribution in [1.29, 1.82) is 0 Å². The van der Waals surface area contributed by atoms with E-state index in [-0.39, 0.29) is 16.8 Å². The number of nitrogens with zero attached hydrogens (tertiary/aromatic N) is 2. The van der Waals surface area contributed by atoms with Gasteiger partial charge in [0.2, 0.25) is 15.9 Å². The molecule has 0 bridgehead atoms. The first kappa shape index (κ1) is 15.9. The number of sulfonamides is 1. The second-order valence-electron chi connectivity index (χ2n) is 5.27. The fraction of sp³-hybridized carbons (Fsp3) is 0.500. The zero-order valence-corrected chi connectivity index (χ0v) is 13.1. The predicted octanol–water partition coefficient (Wildman–Crippen LogP) is 0.559. The van der Waals surface area contributed by atoms with E-state index >= 15 is 0 Å². The number of piperazine rings is 1. The molecule has 2 rings (SSSR count). The molecular weight excluding hydrogens is 290 g/mol. The van der Waals surface area contributed by atoms with Gasteiger partial charge in [0.05, 0.1) is 4.90 Å². The molecular formula is C14H21N3O3S. The number of carbonyl (C=O) groups excluding carboxylic acids is 1. The highest BCUT2D eigenvalue weighted by Crippen LogP contribution is 2.21. The van der Waals surface area contributed by atoms with Crippen molar-refractivity contribution in [2.24, 2.45) is 5.73 Å². The predicted molar refractivity (Wildman–Crippen MR) is 80.1 cm³/mol. The lowest BCUT2D eigenvalue weighted by molar-refractivity contribution is -0.129. The fourth-order valence-corrected chi connectivity index (χ4v) is 3.83. The van der Waals surface area contributed by atoms with E-state index < -0.39 is 10.0 Å². The molecule has 1 saturated heterocycles. The Morgan fingerprint density at radius 1 is 1.24 bits per heavy atom. The Morgan fingerprint density at radius 2 is 1.86 bits per heavy atom. The minimum atomic E-state index is -3.53. The fourth-order valence-electron chi connectivity index (χ4n) is 2.35. The van der Waals surface area contributed by atoms with Crippen LogP contribution in [-0.2, 0) is 14.8 Å². The van der Waals surface area contributed by atoms with Crippen LogP contribution >= 0.6 is 0 Å². The van der Waals surface area contributed by atoms with Gasteiger partial charge in [0.15, 0.2) is 0 Å². The molecule has 6 nitrogen and oxygen atoms in total. The van der Waals surface area contributed by atoms with E-state index in [2.05, 4.69) is 0 Å². The summed E-state index contributed by atoms with van der Waals surface area (Å²) in [5.41, 5.74) is 6.59. The van der Waals surface area contributed by atoms with Crippen LogP contribution in [0.5, 0.6) is 0 Å². The van der Waals surface area contributed by atoms with Crippen molar-refractivity contribution in [2.75, 3.05) is 26.2 Å². The number of benzene rings is 1. The largest absolute Gasteiger partial charge is 0.340 e. The van der Waals surface area contributed by atoms with Crippen molar-refractivity contribution in [3.8, 4) is 0 Å². The summed E-state index contributed by atoms with van der Waals surface area (Å²) in [5.74, 6) is -0.0222. The van der Waals surface area contributed by atoms with E-state index in [4.69, 9.17) is 5.73 Å². The number of rotatable bonds is 3.